The van der Waals surface area contributed by atoms with E-state index in [1.807, 2.05) is 18.2 Å². The maximum absolute atomic E-state index is 13.9. The molecule has 3 nitrogen and oxygen atoms in total. The first kappa shape index (κ1) is 15.4. The van der Waals surface area contributed by atoms with Crippen LogP contribution in [0.15, 0.2) is 34.9 Å². The summed E-state index contributed by atoms with van der Waals surface area (Å²) in [4.78, 5) is 6.84. The van der Waals surface area contributed by atoms with Crippen LogP contribution in [-0.4, -0.2) is 24.7 Å². The van der Waals surface area contributed by atoms with Crippen LogP contribution >= 0.6 is 27.5 Å². The van der Waals surface area contributed by atoms with Crippen molar-refractivity contribution >= 4 is 38.9 Å². The van der Waals surface area contributed by atoms with E-state index in [4.69, 9.17) is 21.3 Å². The van der Waals surface area contributed by atoms with Crippen molar-refractivity contribution in [3.63, 3.8) is 0 Å². The van der Waals surface area contributed by atoms with Gasteiger partial charge in [0, 0.05) is 24.8 Å². The Morgan fingerprint density at radius 3 is 2.83 bits per heavy atom. The van der Waals surface area contributed by atoms with E-state index < -0.39 is 5.82 Å². The molecule has 2 aliphatic rings. The molecule has 0 radical (unpaired) electrons. The Morgan fingerprint density at radius 1 is 1.35 bits per heavy atom. The van der Waals surface area contributed by atoms with Crippen LogP contribution in [0.5, 0.6) is 0 Å². The Hall–Kier alpha value is -1.17. The summed E-state index contributed by atoms with van der Waals surface area (Å²) in [6, 6.07) is 8.89. The lowest BCUT2D eigenvalue weighted by Gasteiger charge is -2.44. The number of rotatable bonds is 2. The molecule has 1 aromatic heterocycles. The molecule has 0 unspecified atom stereocenters. The molecule has 0 N–H and O–H groups in total. The second-order valence-corrected chi connectivity index (χ2v) is 7.45. The average Bonchev–Trinajstić information content (AvgIpc) is 2.83. The second kappa shape index (κ2) is 5.43. The van der Waals surface area contributed by atoms with E-state index in [0.29, 0.717) is 0 Å². The number of hydrogen-bond donors (Lipinski definition) is 0. The van der Waals surface area contributed by atoms with Crippen LogP contribution in [0.3, 0.4) is 0 Å². The molecule has 6 heteroatoms. The van der Waals surface area contributed by atoms with Crippen molar-refractivity contribution in [2.24, 2.45) is 0 Å². The molecule has 0 saturated heterocycles. The zero-order chi connectivity index (χ0) is 16.2. The molecule has 1 aliphatic heterocycles. The van der Waals surface area contributed by atoms with Crippen LogP contribution in [-0.2, 0) is 10.2 Å². The van der Waals surface area contributed by atoms with Crippen LogP contribution in [0.2, 0.25) is 5.02 Å². The molecule has 0 atom stereocenters. The number of pyridine rings is 1. The normalized spacial score (nSPS) is 25.6. The lowest BCUT2D eigenvalue weighted by Crippen LogP contribution is -2.48. The van der Waals surface area contributed by atoms with E-state index >= 15 is 0 Å². The molecule has 2 heterocycles. The summed E-state index contributed by atoms with van der Waals surface area (Å²) in [7, 11) is 1.74. The van der Waals surface area contributed by atoms with Gasteiger partial charge in [-0.3, -0.25) is 0 Å². The lowest BCUT2D eigenvalue weighted by atomic mass is 9.65. The van der Waals surface area contributed by atoms with E-state index in [-0.39, 0.29) is 16.5 Å². The van der Waals surface area contributed by atoms with Crippen molar-refractivity contribution in [2.75, 3.05) is 18.6 Å². The Kier molecular flexibility index (Phi) is 3.63. The summed E-state index contributed by atoms with van der Waals surface area (Å²) in [5, 5.41) is 0.139. The van der Waals surface area contributed by atoms with Gasteiger partial charge in [0.25, 0.3) is 0 Å². The van der Waals surface area contributed by atoms with E-state index in [1.54, 1.807) is 13.2 Å². The van der Waals surface area contributed by atoms with Gasteiger partial charge in [0.15, 0.2) is 0 Å². The Labute approximate surface area is 147 Å². The van der Waals surface area contributed by atoms with Crippen LogP contribution in [0.25, 0.3) is 0 Å². The Morgan fingerprint density at radius 2 is 2.13 bits per heavy atom. The van der Waals surface area contributed by atoms with Crippen LogP contribution in [0.1, 0.15) is 18.5 Å². The number of aromatic nitrogens is 1. The zero-order valence-corrected chi connectivity index (χ0v) is 14.9. The van der Waals surface area contributed by atoms with E-state index in [9.17, 15) is 4.39 Å². The number of anilines is 2. The monoisotopic (exact) mass is 396 g/mol. The summed E-state index contributed by atoms with van der Waals surface area (Å²) in [5.74, 6) is -0.403. The van der Waals surface area contributed by atoms with Gasteiger partial charge in [-0.2, -0.15) is 0 Å². The highest BCUT2D eigenvalue weighted by atomic mass is 79.9. The van der Waals surface area contributed by atoms with Crippen molar-refractivity contribution < 1.29 is 9.13 Å². The molecule has 2 aromatic rings. The van der Waals surface area contributed by atoms with Crippen LogP contribution in [0.4, 0.5) is 15.8 Å². The van der Waals surface area contributed by atoms with Gasteiger partial charge in [0.05, 0.1) is 22.5 Å². The minimum Gasteiger partial charge on any atom is -0.381 e. The second-order valence-electron chi connectivity index (χ2n) is 6.23. The standard InChI is InChI=1S/C17H15BrClFN2O/c1-23-11-7-17(8-11)9-22(10-2-3-12(19)13(20)6-10)14-4-5-15(18)21-16(14)17/h2-6,11H,7-9H2,1H3. The van der Waals surface area contributed by atoms with E-state index in [2.05, 4.69) is 20.8 Å². The third-order valence-electron chi connectivity index (χ3n) is 4.88. The van der Waals surface area contributed by atoms with Crippen molar-refractivity contribution in [3.05, 3.63) is 51.5 Å². The summed E-state index contributed by atoms with van der Waals surface area (Å²) >= 11 is 9.27. The summed E-state index contributed by atoms with van der Waals surface area (Å²) in [6.07, 6.45) is 2.14. The van der Waals surface area contributed by atoms with Crippen LogP contribution in [0, 0.1) is 5.82 Å². The molecule has 0 bridgehead atoms. The first-order valence-electron chi connectivity index (χ1n) is 7.45. The molecule has 1 aliphatic carbocycles. The van der Waals surface area contributed by atoms with Gasteiger partial charge in [-0.15, -0.1) is 0 Å². The zero-order valence-electron chi connectivity index (χ0n) is 12.5. The Bertz CT molecular complexity index is 779. The number of halogens is 3. The van der Waals surface area contributed by atoms with E-state index in [0.717, 1.165) is 41.1 Å². The summed E-state index contributed by atoms with van der Waals surface area (Å²) in [6.45, 7) is 0.784. The third kappa shape index (κ3) is 2.37. The fourth-order valence-corrected chi connectivity index (χ4v) is 4.11. The molecule has 1 fully saturated rings. The molecule has 0 amide bonds. The number of benzene rings is 1. The third-order valence-corrected chi connectivity index (χ3v) is 5.63. The van der Waals surface area contributed by atoms with Gasteiger partial charge in [0.1, 0.15) is 10.4 Å². The topological polar surface area (TPSA) is 25.4 Å². The fourth-order valence-electron chi connectivity index (χ4n) is 3.68. The largest absolute Gasteiger partial charge is 0.381 e. The van der Waals surface area contributed by atoms with Crippen molar-refractivity contribution in [3.8, 4) is 0 Å². The average molecular weight is 398 g/mol. The summed E-state index contributed by atoms with van der Waals surface area (Å²) < 4.78 is 20.2. The molecular formula is C17H15BrClFN2O. The maximum atomic E-state index is 13.9. The Balaban J connectivity index is 1.77. The first-order valence-corrected chi connectivity index (χ1v) is 8.62. The summed E-state index contributed by atoms with van der Waals surface area (Å²) in [5.41, 5.74) is 2.88. The molecular weight excluding hydrogens is 383 g/mol. The highest BCUT2D eigenvalue weighted by Crippen LogP contribution is 2.54. The number of hydrogen-bond acceptors (Lipinski definition) is 3. The van der Waals surface area contributed by atoms with Crippen molar-refractivity contribution in [1.29, 1.82) is 0 Å². The van der Waals surface area contributed by atoms with Gasteiger partial charge in [-0.05, 0) is 59.1 Å². The van der Waals surface area contributed by atoms with Gasteiger partial charge in [0.2, 0.25) is 0 Å². The molecule has 120 valence electrons. The highest BCUT2D eigenvalue weighted by molar-refractivity contribution is 9.10. The van der Waals surface area contributed by atoms with E-state index in [1.165, 1.54) is 6.07 Å². The van der Waals surface area contributed by atoms with Gasteiger partial charge in [-0.25, -0.2) is 9.37 Å². The smallest absolute Gasteiger partial charge is 0.143 e. The molecule has 23 heavy (non-hydrogen) atoms. The predicted molar refractivity (Wildman–Crippen MR) is 92.1 cm³/mol. The highest BCUT2D eigenvalue weighted by Gasteiger charge is 2.53. The molecule has 1 spiro atoms. The number of methoxy groups -OCH3 is 1. The quantitative estimate of drug-likeness (QED) is 0.678. The van der Waals surface area contributed by atoms with Gasteiger partial charge >= 0.3 is 0 Å². The SMILES string of the molecule is COC1CC2(C1)CN(c1ccc(Cl)c(F)c1)c1ccc(Br)nc12. The fraction of sp³-hybridized carbons (Fsp3) is 0.353. The number of ether oxygens (including phenoxy) is 1. The van der Waals surface area contributed by atoms with Crippen molar-refractivity contribution in [2.45, 2.75) is 24.4 Å². The van der Waals surface area contributed by atoms with Gasteiger partial charge < -0.3 is 9.64 Å². The maximum Gasteiger partial charge on any atom is 0.143 e. The van der Waals surface area contributed by atoms with Crippen LogP contribution < -0.4 is 4.90 Å². The van der Waals surface area contributed by atoms with Gasteiger partial charge in [-0.1, -0.05) is 11.6 Å². The molecule has 4 rings (SSSR count). The number of fused-ring (bicyclic) bond motifs is 2. The minimum absolute atomic E-state index is 0.0180. The van der Waals surface area contributed by atoms with Crippen molar-refractivity contribution in [1.82, 2.24) is 4.98 Å². The predicted octanol–water partition coefficient (Wildman–Crippen LogP) is 4.83. The lowest BCUT2D eigenvalue weighted by molar-refractivity contribution is -0.0132. The first-order chi connectivity index (χ1) is 11.0. The molecule has 1 saturated carbocycles. The number of nitrogens with zero attached hydrogens (tertiary/aromatic N) is 2. The molecule has 1 aromatic carbocycles. The minimum atomic E-state index is -0.403.